The first-order valence-corrected chi connectivity index (χ1v) is 29.4. The Kier molecular flexibility index (Phi) is 31.6. The van der Waals surface area contributed by atoms with Gasteiger partial charge in [0.1, 0.15) is 48.9 Å². The summed E-state index contributed by atoms with van der Waals surface area (Å²) in [6.45, 7) is 1.73. The summed E-state index contributed by atoms with van der Waals surface area (Å²) in [6.07, 6.45) is -1.08. The number of hydrogen-bond donors (Lipinski definition) is 16. The van der Waals surface area contributed by atoms with Crippen LogP contribution in [0.1, 0.15) is 82.3 Å². The normalized spacial score (nSPS) is 19.7. The van der Waals surface area contributed by atoms with Crippen LogP contribution in [0.4, 0.5) is 0 Å². The maximum absolute atomic E-state index is 15.1. The van der Waals surface area contributed by atoms with Crippen LogP contribution in [-0.2, 0) is 65.5 Å². The van der Waals surface area contributed by atoms with Crippen molar-refractivity contribution < 1.29 is 52.6 Å². The van der Waals surface area contributed by atoms with E-state index in [1.165, 1.54) is 6.92 Å². The molecule has 0 aromatic heterocycles. The number of carbonyl (C=O) groups is 9. The minimum absolute atomic E-state index is 0.00335. The standard InChI is InChI=1S/C58H88N20O11/c1-35(79)34-89-30-29-88-28-27-67-47(80)22-21-44-52(85)77-45(32-36-11-3-2-4-12-36)54(87)78-46(33-37-19-20-38-13-5-6-14-39(38)31-37)53(86)75-43(18-10-26-71-58(65)66)50(83)73-41(16-8-24-69-56(61)62)48(81)72-40(15-7-23-68-55(59)60)49(82)74-42(51(84)76-44)17-9-25-70-57(63)64/h2-6,11-14,19-20,31,40-46H,7-10,15-18,21-30,32-34H2,1H3,(H,67,80)(H,72,81)(H,73,83)(H,74,82)(H,75,86)(H,76,84)(H,77,85)(H,78,87)(H4,59,60,68)(H4,61,62,69)(H4,63,64,70)(H4,65,66,71)/t40-,41+,42+,43-,44-,45+,46-/m0/s1. The van der Waals surface area contributed by atoms with E-state index in [0.717, 1.165) is 10.8 Å². The molecule has 3 aromatic carbocycles. The van der Waals surface area contributed by atoms with Crippen LogP contribution < -0.4 is 88.4 Å². The Balaban J connectivity index is 1.90. The summed E-state index contributed by atoms with van der Waals surface area (Å²) in [5.74, 6) is -7.84. The number of ketones is 1. The first-order valence-electron chi connectivity index (χ1n) is 29.4. The fraction of sp³-hybridized carbons (Fsp3) is 0.500. The number of aliphatic imine (C=N–C) groups is 4. The first kappa shape index (κ1) is 71.8. The summed E-state index contributed by atoms with van der Waals surface area (Å²) in [5, 5.41) is 23.6. The largest absolute Gasteiger partial charge is 0.377 e. The number of ether oxygens (including phenoxy) is 2. The van der Waals surface area contributed by atoms with E-state index in [2.05, 4.69) is 62.5 Å². The zero-order chi connectivity index (χ0) is 65.1. The lowest BCUT2D eigenvalue weighted by molar-refractivity contribution is -0.135. The van der Waals surface area contributed by atoms with Crippen molar-refractivity contribution in [1.82, 2.24) is 42.5 Å². The quantitative estimate of drug-likeness (QED) is 0.0165. The summed E-state index contributed by atoms with van der Waals surface area (Å²) in [7, 11) is 0. The smallest absolute Gasteiger partial charge is 0.243 e. The monoisotopic (exact) mass is 1240 g/mol. The molecule has 1 fully saturated rings. The van der Waals surface area contributed by atoms with Crippen molar-refractivity contribution in [2.75, 3.05) is 59.2 Å². The van der Waals surface area contributed by atoms with Gasteiger partial charge in [-0.25, -0.2) is 0 Å². The zero-order valence-corrected chi connectivity index (χ0v) is 50.2. The molecule has 0 aliphatic carbocycles. The van der Waals surface area contributed by atoms with E-state index >= 15 is 9.59 Å². The van der Waals surface area contributed by atoms with Gasteiger partial charge in [-0.15, -0.1) is 0 Å². The van der Waals surface area contributed by atoms with Gasteiger partial charge in [0.25, 0.3) is 0 Å². The predicted octanol–water partition coefficient (Wildman–Crippen LogP) is -4.23. The van der Waals surface area contributed by atoms with Gasteiger partial charge < -0.3 is 97.9 Å². The van der Waals surface area contributed by atoms with Gasteiger partial charge in [0, 0.05) is 52.0 Å². The van der Waals surface area contributed by atoms with Crippen molar-refractivity contribution >= 4 is 87.7 Å². The van der Waals surface area contributed by atoms with Gasteiger partial charge in [0.2, 0.25) is 47.3 Å². The summed E-state index contributed by atoms with van der Waals surface area (Å²) in [4.78, 5) is 145. The second-order valence-corrected chi connectivity index (χ2v) is 21.1. The van der Waals surface area contributed by atoms with Gasteiger partial charge in [-0.2, -0.15) is 0 Å². The SMILES string of the molecule is CC(=O)COCCOCCNC(=O)CC[C@@H]1NC(=O)[C@@H](CCCN=C(N)N)NC(=O)[C@H](CCCN=C(N)N)NC(=O)[C@@H](CCCN=C(N)N)NC(=O)[C@H](CCCN=C(N)N)NC(=O)[C@H](Cc2ccc3ccccc3c2)NC(=O)[C@@H](Cc2ccccc2)NC1=O. The number of guanidine groups is 4. The molecule has 89 heavy (non-hydrogen) atoms. The Morgan fingerprint density at radius 3 is 1.20 bits per heavy atom. The summed E-state index contributed by atoms with van der Waals surface area (Å²) in [5.41, 5.74) is 46.1. The maximum Gasteiger partial charge on any atom is 0.243 e. The topological polar surface area (TPSA) is 526 Å². The first-order chi connectivity index (χ1) is 42.6. The molecular formula is C58H88N20O11. The van der Waals surface area contributed by atoms with E-state index in [0.29, 0.717) is 11.1 Å². The molecule has 31 nitrogen and oxygen atoms in total. The third kappa shape index (κ3) is 28.6. The van der Waals surface area contributed by atoms with Crippen molar-refractivity contribution in [1.29, 1.82) is 0 Å². The Morgan fingerprint density at radius 1 is 0.427 bits per heavy atom. The molecule has 0 saturated carbocycles. The maximum atomic E-state index is 15.1. The van der Waals surface area contributed by atoms with Gasteiger partial charge in [-0.1, -0.05) is 72.8 Å². The molecule has 8 amide bonds. The Labute approximate surface area is 516 Å². The highest BCUT2D eigenvalue weighted by Crippen LogP contribution is 2.18. The number of hydrogen-bond acceptors (Lipinski definition) is 15. The zero-order valence-electron chi connectivity index (χ0n) is 50.2. The van der Waals surface area contributed by atoms with Crippen molar-refractivity contribution in [3.8, 4) is 0 Å². The van der Waals surface area contributed by atoms with Crippen LogP contribution in [-0.4, -0.2) is 178 Å². The Morgan fingerprint density at radius 2 is 0.787 bits per heavy atom. The number of nitrogens with zero attached hydrogens (tertiary/aromatic N) is 4. The molecule has 1 aliphatic heterocycles. The van der Waals surface area contributed by atoms with Crippen LogP contribution >= 0.6 is 0 Å². The third-order valence-corrected chi connectivity index (χ3v) is 13.7. The molecule has 31 heteroatoms. The van der Waals surface area contributed by atoms with Gasteiger partial charge in [-0.05, 0) is 86.6 Å². The predicted molar refractivity (Wildman–Crippen MR) is 336 cm³/mol. The van der Waals surface area contributed by atoms with E-state index in [-0.39, 0.29) is 166 Å². The van der Waals surface area contributed by atoms with Crippen LogP contribution in [0.15, 0.2) is 92.8 Å². The van der Waals surface area contributed by atoms with Gasteiger partial charge in [-0.3, -0.25) is 63.1 Å². The highest BCUT2D eigenvalue weighted by Gasteiger charge is 2.36. The number of benzene rings is 3. The molecular weight excluding hydrogens is 1150 g/mol. The summed E-state index contributed by atoms with van der Waals surface area (Å²) < 4.78 is 10.7. The van der Waals surface area contributed by atoms with Crippen LogP contribution in [0.2, 0.25) is 0 Å². The molecule has 7 atom stereocenters. The Bertz CT molecular complexity index is 2950. The Hall–Kier alpha value is -9.65. The summed E-state index contributed by atoms with van der Waals surface area (Å²) >= 11 is 0. The van der Waals surface area contributed by atoms with Crippen LogP contribution in [0.3, 0.4) is 0 Å². The molecule has 0 unspecified atom stereocenters. The number of Topliss-reactive ketones (excluding diaryl/α,β-unsaturated/α-hetero) is 1. The molecule has 0 bridgehead atoms. The molecule has 1 aliphatic rings. The highest BCUT2D eigenvalue weighted by atomic mass is 16.5. The lowest BCUT2D eigenvalue weighted by Crippen LogP contribution is -2.60. The van der Waals surface area contributed by atoms with E-state index in [1.807, 2.05) is 36.4 Å². The minimum atomic E-state index is -1.58. The molecule has 0 radical (unpaired) electrons. The van der Waals surface area contributed by atoms with Crippen molar-refractivity contribution in [3.05, 3.63) is 83.9 Å². The van der Waals surface area contributed by atoms with Crippen LogP contribution in [0, 0.1) is 0 Å². The third-order valence-electron chi connectivity index (χ3n) is 13.7. The number of carbonyl (C=O) groups excluding carboxylic acids is 9. The fourth-order valence-corrected chi connectivity index (χ4v) is 9.20. The van der Waals surface area contributed by atoms with Gasteiger partial charge in [0.15, 0.2) is 29.6 Å². The average Bonchev–Trinajstić information content (AvgIpc) is 3.65. The number of nitrogens with two attached hydrogens (primary N) is 8. The number of nitrogens with one attached hydrogen (secondary N) is 8. The van der Waals surface area contributed by atoms with Crippen molar-refractivity contribution in [2.24, 2.45) is 65.8 Å². The minimum Gasteiger partial charge on any atom is -0.377 e. The van der Waals surface area contributed by atoms with Crippen molar-refractivity contribution in [2.45, 2.75) is 126 Å². The average molecular weight is 1240 g/mol. The van der Waals surface area contributed by atoms with E-state index in [4.69, 9.17) is 55.3 Å². The molecule has 3 aromatic rings. The number of rotatable bonds is 31. The lowest BCUT2D eigenvalue weighted by Gasteiger charge is -2.28. The van der Waals surface area contributed by atoms with Crippen LogP contribution in [0.25, 0.3) is 10.8 Å². The van der Waals surface area contributed by atoms with Gasteiger partial charge in [0.05, 0.1) is 19.8 Å². The molecule has 486 valence electrons. The molecule has 24 N–H and O–H groups in total. The number of fused-ring (bicyclic) bond motifs is 1. The molecule has 1 saturated heterocycles. The van der Waals surface area contributed by atoms with Crippen LogP contribution in [0.5, 0.6) is 0 Å². The summed E-state index contributed by atoms with van der Waals surface area (Å²) in [6, 6.07) is 11.3. The van der Waals surface area contributed by atoms with Gasteiger partial charge >= 0.3 is 0 Å². The second-order valence-electron chi connectivity index (χ2n) is 21.1. The van der Waals surface area contributed by atoms with E-state index in [1.54, 1.807) is 36.4 Å². The van der Waals surface area contributed by atoms with Crippen molar-refractivity contribution in [3.63, 3.8) is 0 Å². The van der Waals surface area contributed by atoms with E-state index in [9.17, 15) is 33.6 Å². The second kappa shape index (κ2) is 39.2. The van der Waals surface area contributed by atoms with E-state index < -0.39 is 89.6 Å². The number of amides is 8. The molecule has 1 heterocycles. The molecule has 0 spiro atoms. The highest BCUT2D eigenvalue weighted by molar-refractivity contribution is 5.99. The fourth-order valence-electron chi connectivity index (χ4n) is 9.20. The molecule has 4 rings (SSSR count). The lowest BCUT2D eigenvalue weighted by atomic mass is 9.99.